The molecule has 5 aromatic carbocycles. The number of nitrogens with zero attached hydrogens (tertiary/aromatic N) is 2. The summed E-state index contributed by atoms with van der Waals surface area (Å²) >= 11 is 0. The Kier molecular flexibility index (Phi) is 16.9. The molecule has 68 heavy (non-hydrogen) atoms. The summed E-state index contributed by atoms with van der Waals surface area (Å²) in [5, 5.41) is 11.4. The molecule has 0 fully saturated rings. The number of rotatable bonds is 10. The molecule has 0 atom stereocenters. The number of aryl methyl sites for hydroxylation is 6. The zero-order valence-corrected chi connectivity index (χ0v) is 39.4. The second-order valence-electron chi connectivity index (χ2n) is 15.5. The molecule has 350 valence electrons. The monoisotopic (exact) mass is 956 g/mol. The van der Waals surface area contributed by atoms with Crippen molar-refractivity contribution in [2.75, 3.05) is 21.3 Å². The van der Waals surface area contributed by atoms with Crippen LogP contribution in [0.1, 0.15) is 63.7 Å². The van der Waals surface area contributed by atoms with E-state index >= 15 is 0 Å². The van der Waals surface area contributed by atoms with Gasteiger partial charge < -0.3 is 30.4 Å². The highest BCUT2D eigenvalue weighted by Gasteiger charge is 2.16. The normalized spacial score (nSPS) is 10.8. The molecule has 16 nitrogen and oxygen atoms in total. The molecule has 0 radical (unpaired) electrons. The Hall–Kier alpha value is -7.90. The number of nitrogens with one attached hydrogen (secondary N) is 4. The molecular weight excluding hydrogens is 909 g/mol. The van der Waals surface area contributed by atoms with Gasteiger partial charge in [-0.15, -0.1) is 0 Å². The average Bonchev–Trinajstić information content (AvgIpc) is 3.26. The SMILES string of the molecule is Cc1cc(NC(=O)c2ccc(C(=O)Nc3ccc(C(=O)Nc4ccc[n+](C)c4)c(C)c3)cc2)ccc1C(=O)Nc1ccc[n+](C)c1.Cc1ccc(S(=O)(=O)[O-])cc1.Cc1ccc(S(=O)(=O)[O-])cc1. The van der Waals surface area contributed by atoms with Crippen LogP contribution in [0.4, 0.5) is 22.7 Å². The third-order valence-electron chi connectivity index (χ3n) is 9.88. The molecule has 2 aromatic heterocycles. The van der Waals surface area contributed by atoms with Crippen molar-refractivity contribution in [1.29, 1.82) is 0 Å². The largest absolute Gasteiger partial charge is 0.744 e. The third-order valence-corrected chi connectivity index (χ3v) is 11.6. The van der Waals surface area contributed by atoms with Crippen LogP contribution in [0.25, 0.3) is 0 Å². The van der Waals surface area contributed by atoms with Crippen molar-refractivity contribution in [3.63, 3.8) is 0 Å². The van der Waals surface area contributed by atoms with Crippen molar-refractivity contribution in [2.45, 2.75) is 37.5 Å². The van der Waals surface area contributed by atoms with Crippen LogP contribution < -0.4 is 30.4 Å². The van der Waals surface area contributed by atoms with Gasteiger partial charge in [0.25, 0.3) is 23.6 Å². The predicted octanol–water partition coefficient (Wildman–Crippen LogP) is 6.76. The van der Waals surface area contributed by atoms with Gasteiger partial charge in [-0.05, 0) is 136 Å². The van der Waals surface area contributed by atoms with E-state index in [1.54, 1.807) is 98.8 Å². The fraction of sp³-hybridized carbons (Fsp3) is 0.120. The highest BCUT2D eigenvalue weighted by molar-refractivity contribution is 7.86. The predicted molar refractivity (Wildman–Crippen MR) is 254 cm³/mol. The minimum Gasteiger partial charge on any atom is -0.744 e. The van der Waals surface area contributed by atoms with E-state index in [9.17, 15) is 45.1 Å². The molecule has 7 rings (SSSR count). The van der Waals surface area contributed by atoms with E-state index in [1.807, 2.05) is 86.1 Å². The number of anilines is 4. The van der Waals surface area contributed by atoms with Crippen molar-refractivity contribution < 1.29 is 54.3 Å². The van der Waals surface area contributed by atoms with Gasteiger partial charge in [-0.2, -0.15) is 0 Å². The van der Waals surface area contributed by atoms with Crippen LogP contribution in [0.5, 0.6) is 0 Å². The zero-order valence-electron chi connectivity index (χ0n) is 37.8. The summed E-state index contributed by atoms with van der Waals surface area (Å²) in [6, 6.07) is 35.3. The molecule has 0 bridgehead atoms. The van der Waals surface area contributed by atoms with Crippen molar-refractivity contribution in [2.24, 2.45) is 14.1 Å². The number of amides is 4. The van der Waals surface area contributed by atoms with Crippen LogP contribution in [0.2, 0.25) is 0 Å². The summed E-state index contributed by atoms with van der Waals surface area (Å²) in [5.74, 6) is -1.20. The number of hydrogen-bond acceptors (Lipinski definition) is 10. The molecule has 2 heterocycles. The molecule has 4 N–H and O–H groups in total. The van der Waals surface area contributed by atoms with E-state index in [0.29, 0.717) is 56.1 Å². The molecule has 0 aliphatic heterocycles. The van der Waals surface area contributed by atoms with Crippen molar-refractivity contribution in [3.8, 4) is 0 Å². The van der Waals surface area contributed by atoms with E-state index in [2.05, 4.69) is 21.3 Å². The van der Waals surface area contributed by atoms with Crippen molar-refractivity contribution in [1.82, 2.24) is 0 Å². The van der Waals surface area contributed by atoms with Gasteiger partial charge >= 0.3 is 0 Å². The van der Waals surface area contributed by atoms with Gasteiger partial charge in [0.2, 0.25) is 0 Å². The highest BCUT2D eigenvalue weighted by atomic mass is 32.2. The smallest absolute Gasteiger partial charge is 0.256 e. The number of pyridine rings is 2. The summed E-state index contributed by atoms with van der Waals surface area (Å²) in [6.07, 6.45) is 7.37. The fourth-order valence-electron chi connectivity index (χ4n) is 6.30. The van der Waals surface area contributed by atoms with E-state index in [4.69, 9.17) is 0 Å². The maximum atomic E-state index is 12.9. The molecular formula is C50H48N6O10S2. The average molecular weight is 957 g/mol. The first-order valence-electron chi connectivity index (χ1n) is 20.6. The molecule has 0 saturated carbocycles. The lowest BCUT2D eigenvalue weighted by molar-refractivity contribution is -0.670. The molecule has 0 aliphatic rings. The lowest BCUT2D eigenvalue weighted by atomic mass is 10.1. The molecule has 0 unspecified atom stereocenters. The van der Waals surface area contributed by atoms with E-state index in [1.165, 1.54) is 24.3 Å². The van der Waals surface area contributed by atoms with Gasteiger partial charge in [-0.3, -0.25) is 19.2 Å². The minimum absolute atomic E-state index is 0.178. The highest BCUT2D eigenvalue weighted by Crippen LogP contribution is 2.20. The second kappa shape index (κ2) is 22.5. The molecule has 0 saturated heterocycles. The lowest BCUT2D eigenvalue weighted by Gasteiger charge is -2.11. The van der Waals surface area contributed by atoms with Crippen LogP contribution >= 0.6 is 0 Å². The van der Waals surface area contributed by atoms with Gasteiger partial charge in [0.1, 0.15) is 45.7 Å². The van der Waals surface area contributed by atoms with Crippen molar-refractivity contribution in [3.05, 3.63) is 203 Å². The van der Waals surface area contributed by atoms with Gasteiger partial charge in [-0.25, -0.2) is 26.0 Å². The molecule has 0 aliphatic carbocycles. The first kappa shape index (κ1) is 51.1. The van der Waals surface area contributed by atoms with Gasteiger partial charge in [0, 0.05) is 45.8 Å². The zero-order chi connectivity index (χ0) is 49.8. The first-order valence-corrected chi connectivity index (χ1v) is 23.4. The van der Waals surface area contributed by atoms with Gasteiger partial charge in [0.15, 0.2) is 24.8 Å². The summed E-state index contributed by atoms with van der Waals surface area (Å²) in [7, 11) is -4.79. The molecule has 0 spiro atoms. The van der Waals surface area contributed by atoms with Gasteiger partial charge in [0.05, 0.1) is 9.79 Å². The summed E-state index contributed by atoms with van der Waals surface area (Å²) in [6.45, 7) is 7.25. The molecule has 7 aromatic rings. The summed E-state index contributed by atoms with van der Waals surface area (Å²) < 4.78 is 66.0. The Morgan fingerprint density at radius 3 is 1.04 bits per heavy atom. The Morgan fingerprint density at radius 1 is 0.426 bits per heavy atom. The topological polar surface area (TPSA) is 239 Å². The number of carbonyl (C=O) groups is 4. The molecule has 4 amide bonds. The van der Waals surface area contributed by atoms with Crippen molar-refractivity contribution >= 4 is 66.6 Å². The van der Waals surface area contributed by atoms with E-state index in [-0.39, 0.29) is 33.4 Å². The maximum absolute atomic E-state index is 12.9. The number of benzene rings is 5. The summed E-state index contributed by atoms with van der Waals surface area (Å²) in [4.78, 5) is 51.0. The Morgan fingerprint density at radius 2 is 0.750 bits per heavy atom. The first-order chi connectivity index (χ1) is 32.0. The molecule has 18 heteroatoms. The lowest BCUT2D eigenvalue weighted by Crippen LogP contribution is -2.27. The van der Waals surface area contributed by atoms with Crippen LogP contribution in [-0.4, -0.2) is 49.6 Å². The maximum Gasteiger partial charge on any atom is 0.256 e. The standard InChI is InChI=1S/C36H32N6O4.2C7H8O3S/c1-23-19-27(13-15-31(23)35(45)39-29-7-5-17-41(3)21-29)37-33(43)25-9-11-26(12-10-25)34(44)38-28-14-16-32(24(2)20-28)36(46)40-30-8-6-18-42(4)22-30;2*1-6-2-4-7(5-3-6)11(8,9)10/h5-22H,1-4H3,(H2-2,37,38,39,40,43,44,45,46);2*2-5H,1H3,(H,8,9,10). The van der Waals surface area contributed by atoms with Gasteiger partial charge in [-0.1, -0.05) is 35.4 Å². The second-order valence-corrected chi connectivity index (χ2v) is 18.3. The van der Waals surface area contributed by atoms with Crippen LogP contribution in [-0.2, 0) is 34.3 Å². The quantitative estimate of drug-likeness (QED) is 0.0830. The van der Waals surface area contributed by atoms with Crippen LogP contribution in [0.3, 0.4) is 0 Å². The fourth-order valence-corrected chi connectivity index (χ4v) is 7.24. The Bertz CT molecular complexity index is 2980. The summed E-state index contributed by atoms with van der Waals surface area (Å²) in [5.41, 5.74) is 7.42. The Balaban J connectivity index is 0.000000319. The number of carbonyl (C=O) groups excluding carboxylic acids is 4. The third kappa shape index (κ3) is 15.1. The van der Waals surface area contributed by atoms with Crippen LogP contribution in [0.15, 0.2) is 168 Å². The van der Waals surface area contributed by atoms with E-state index < -0.39 is 20.2 Å². The minimum atomic E-state index is -4.27. The number of hydrogen-bond donors (Lipinski definition) is 4. The van der Waals surface area contributed by atoms with E-state index in [0.717, 1.165) is 11.1 Å². The number of aromatic nitrogens is 2. The Labute approximate surface area is 394 Å². The van der Waals surface area contributed by atoms with Crippen LogP contribution in [0, 0.1) is 27.7 Å².